The second-order valence-electron chi connectivity index (χ2n) is 4.34. The third kappa shape index (κ3) is 2.60. The zero-order chi connectivity index (χ0) is 12.3. The van der Waals surface area contributed by atoms with Crippen LogP contribution in [0.25, 0.3) is 0 Å². The molecule has 1 aromatic carbocycles. The minimum Gasteiger partial charge on any atom is -0.394 e. The first-order valence-electron chi connectivity index (χ1n) is 5.96. The van der Waals surface area contributed by atoms with Crippen LogP contribution in [-0.4, -0.2) is 42.6 Å². The summed E-state index contributed by atoms with van der Waals surface area (Å²) >= 11 is 0. The maximum Gasteiger partial charge on any atom is 0.0781 e. The van der Waals surface area contributed by atoms with E-state index in [4.69, 9.17) is 4.74 Å². The van der Waals surface area contributed by atoms with Crippen molar-refractivity contribution in [1.29, 1.82) is 0 Å². The van der Waals surface area contributed by atoms with E-state index in [9.17, 15) is 10.2 Å². The number of nitrogens with zero attached hydrogens (tertiary/aromatic N) is 1. The van der Waals surface area contributed by atoms with Crippen LogP contribution < -0.4 is 4.90 Å². The molecule has 0 aliphatic carbocycles. The van der Waals surface area contributed by atoms with Crippen molar-refractivity contribution in [1.82, 2.24) is 0 Å². The lowest BCUT2D eigenvalue weighted by molar-refractivity contribution is 0.0723. The molecular formula is C13H19NO3. The number of para-hydroxylation sites is 1. The molecule has 1 aliphatic rings. The highest BCUT2D eigenvalue weighted by atomic mass is 16.5. The van der Waals surface area contributed by atoms with Gasteiger partial charge in [0.25, 0.3) is 0 Å². The van der Waals surface area contributed by atoms with E-state index in [-0.39, 0.29) is 12.6 Å². The number of aliphatic hydroxyl groups is 2. The molecule has 2 atom stereocenters. The van der Waals surface area contributed by atoms with E-state index in [1.165, 1.54) is 0 Å². The SMILES string of the molecule is CC(O)c1ccccc1N1CCOCC1CO. The molecule has 1 fully saturated rings. The third-order valence-corrected chi connectivity index (χ3v) is 3.13. The lowest BCUT2D eigenvalue weighted by Crippen LogP contribution is -2.48. The van der Waals surface area contributed by atoms with Crippen LogP contribution in [0, 0.1) is 0 Å². The molecule has 0 bridgehead atoms. The monoisotopic (exact) mass is 237 g/mol. The Hall–Kier alpha value is -1.10. The predicted molar refractivity (Wildman–Crippen MR) is 66.1 cm³/mol. The van der Waals surface area contributed by atoms with Gasteiger partial charge >= 0.3 is 0 Å². The number of hydrogen-bond acceptors (Lipinski definition) is 4. The second kappa shape index (κ2) is 5.49. The predicted octanol–water partition coefficient (Wildman–Crippen LogP) is 0.937. The van der Waals surface area contributed by atoms with Crippen molar-refractivity contribution in [3.63, 3.8) is 0 Å². The van der Waals surface area contributed by atoms with Gasteiger partial charge in [0, 0.05) is 17.8 Å². The van der Waals surface area contributed by atoms with Crippen LogP contribution in [-0.2, 0) is 4.74 Å². The highest BCUT2D eigenvalue weighted by molar-refractivity contribution is 5.55. The topological polar surface area (TPSA) is 52.9 Å². The minimum atomic E-state index is -0.506. The zero-order valence-corrected chi connectivity index (χ0v) is 10.0. The van der Waals surface area contributed by atoms with Crippen molar-refractivity contribution in [3.05, 3.63) is 29.8 Å². The molecule has 1 heterocycles. The Morgan fingerprint density at radius 2 is 2.24 bits per heavy atom. The third-order valence-electron chi connectivity index (χ3n) is 3.13. The molecule has 2 rings (SSSR count). The Balaban J connectivity index is 2.31. The first-order valence-corrected chi connectivity index (χ1v) is 5.96. The van der Waals surface area contributed by atoms with E-state index >= 15 is 0 Å². The standard InChI is InChI=1S/C13H19NO3/c1-10(16)12-4-2-3-5-13(12)14-6-7-17-9-11(14)8-15/h2-5,10-11,15-16H,6-9H2,1H3. The van der Waals surface area contributed by atoms with Crippen LogP contribution in [0.4, 0.5) is 5.69 Å². The van der Waals surface area contributed by atoms with Crippen LogP contribution in [0.1, 0.15) is 18.6 Å². The van der Waals surface area contributed by atoms with Gasteiger partial charge < -0.3 is 19.8 Å². The van der Waals surface area contributed by atoms with E-state index in [0.717, 1.165) is 17.8 Å². The number of hydrogen-bond donors (Lipinski definition) is 2. The maximum atomic E-state index is 9.77. The van der Waals surface area contributed by atoms with Gasteiger partial charge in [-0.15, -0.1) is 0 Å². The molecule has 2 N–H and O–H groups in total. The van der Waals surface area contributed by atoms with Gasteiger partial charge in [0.15, 0.2) is 0 Å². The van der Waals surface area contributed by atoms with Crippen molar-refractivity contribution in [2.75, 3.05) is 31.3 Å². The molecule has 0 saturated carbocycles. The summed E-state index contributed by atoms with van der Waals surface area (Å²) in [6.07, 6.45) is -0.506. The van der Waals surface area contributed by atoms with Gasteiger partial charge in [-0.25, -0.2) is 0 Å². The van der Waals surface area contributed by atoms with E-state index in [0.29, 0.717) is 13.2 Å². The fraction of sp³-hybridized carbons (Fsp3) is 0.538. The average Bonchev–Trinajstić information content (AvgIpc) is 2.38. The maximum absolute atomic E-state index is 9.77. The van der Waals surface area contributed by atoms with Crippen LogP contribution in [0.3, 0.4) is 0 Å². The molecule has 4 heteroatoms. The molecule has 2 unspecified atom stereocenters. The molecular weight excluding hydrogens is 218 g/mol. The van der Waals surface area contributed by atoms with Gasteiger partial charge in [-0.3, -0.25) is 0 Å². The molecule has 1 aliphatic heterocycles. The van der Waals surface area contributed by atoms with Crippen molar-refractivity contribution in [2.24, 2.45) is 0 Å². The molecule has 4 nitrogen and oxygen atoms in total. The number of rotatable bonds is 3. The summed E-state index contributed by atoms with van der Waals surface area (Å²) in [6, 6.07) is 7.74. The molecule has 94 valence electrons. The molecule has 0 aromatic heterocycles. The Labute approximate surface area is 101 Å². The first kappa shape index (κ1) is 12.4. The summed E-state index contributed by atoms with van der Waals surface area (Å²) in [7, 11) is 0. The van der Waals surface area contributed by atoms with Crippen molar-refractivity contribution < 1.29 is 14.9 Å². The highest BCUT2D eigenvalue weighted by Gasteiger charge is 2.24. The number of aliphatic hydroxyl groups excluding tert-OH is 2. The van der Waals surface area contributed by atoms with Gasteiger partial charge in [-0.05, 0) is 13.0 Å². The number of ether oxygens (including phenoxy) is 1. The quantitative estimate of drug-likeness (QED) is 0.821. The van der Waals surface area contributed by atoms with E-state index in [1.54, 1.807) is 6.92 Å². The van der Waals surface area contributed by atoms with Crippen molar-refractivity contribution in [2.45, 2.75) is 19.1 Å². The number of anilines is 1. The summed E-state index contributed by atoms with van der Waals surface area (Å²) in [4.78, 5) is 2.12. The van der Waals surface area contributed by atoms with Gasteiger partial charge in [0.05, 0.1) is 32.0 Å². The van der Waals surface area contributed by atoms with Gasteiger partial charge in [0.2, 0.25) is 0 Å². The summed E-state index contributed by atoms with van der Waals surface area (Å²) in [5.41, 5.74) is 1.89. The fourth-order valence-electron chi connectivity index (χ4n) is 2.23. The Bertz CT molecular complexity index is 367. The highest BCUT2D eigenvalue weighted by Crippen LogP contribution is 2.28. The summed E-state index contributed by atoms with van der Waals surface area (Å²) in [5.74, 6) is 0. The molecule has 0 amide bonds. The largest absolute Gasteiger partial charge is 0.394 e. The molecule has 0 spiro atoms. The summed E-state index contributed by atoms with van der Waals surface area (Å²) in [6.45, 7) is 3.76. The van der Waals surface area contributed by atoms with Gasteiger partial charge in [-0.1, -0.05) is 18.2 Å². The lowest BCUT2D eigenvalue weighted by atomic mass is 10.1. The zero-order valence-electron chi connectivity index (χ0n) is 10.0. The Morgan fingerprint density at radius 3 is 2.94 bits per heavy atom. The van der Waals surface area contributed by atoms with E-state index in [1.807, 2.05) is 24.3 Å². The lowest BCUT2D eigenvalue weighted by Gasteiger charge is -2.37. The minimum absolute atomic E-state index is 0.0244. The molecule has 1 saturated heterocycles. The van der Waals surface area contributed by atoms with E-state index < -0.39 is 6.10 Å². The molecule has 1 aromatic rings. The van der Waals surface area contributed by atoms with Gasteiger partial charge in [-0.2, -0.15) is 0 Å². The second-order valence-corrected chi connectivity index (χ2v) is 4.34. The fourth-order valence-corrected chi connectivity index (χ4v) is 2.23. The number of benzene rings is 1. The Morgan fingerprint density at radius 1 is 1.47 bits per heavy atom. The van der Waals surface area contributed by atoms with Crippen LogP contribution in [0.15, 0.2) is 24.3 Å². The number of morpholine rings is 1. The first-order chi connectivity index (χ1) is 8.24. The van der Waals surface area contributed by atoms with Crippen LogP contribution in [0.5, 0.6) is 0 Å². The summed E-state index contributed by atoms with van der Waals surface area (Å²) in [5, 5.41) is 19.1. The smallest absolute Gasteiger partial charge is 0.0781 e. The molecule has 17 heavy (non-hydrogen) atoms. The van der Waals surface area contributed by atoms with Crippen LogP contribution >= 0.6 is 0 Å². The van der Waals surface area contributed by atoms with Crippen molar-refractivity contribution >= 4 is 5.69 Å². The Kier molecular flexibility index (Phi) is 3.99. The van der Waals surface area contributed by atoms with Gasteiger partial charge in [0.1, 0.15) is 0 Å². The van der Waals surface area contributed by atoms with E-state index in [2.05, 4.69) is 4.90 Å². The van der Waals surface area contributed by atoms with Crippen molar-refractivity contribution in [3.8, 4) is 0 Å². The van der Waals surface area contributed by atoms with Crippen LogP contribution in [0.2, 0.25) is 0 Å². The summed E-state index contributed by atoms with van der Waals surface area (Å²) < 4.78 is 5.36. The average molecular weight is 237 g/mol. The normalized spacial score (nSPS) is 22.5. The molecule has 0 radical (unpaired) electrons.